The average Bonchev–Trinajstić information content (AvgIpc) is 2.79. The molecule has 1 amide bonds. The second-order valence-corrected chi connectivity index (χ2v) is 7.59. The van der Waals surface area contributed by atoms with Gasteiger partial charge >= 0.3 is 0 Å². The van der Waals surface area contributed by atoms with Gasteiger partial charge in [0.25, 0.3) is 5.91 Å². The van der Waals surface area contributed by atoms with E-state index in [9.17, 15) is 14.4 Å². The summed E-state index contributed by atoms with van der Waals surface area (Å²) in [4.78, 5) is 12.5. The molecule has 1 N–H and O–H groups in total. The maximum absolute atomic E-state index is 13.8. The molecular formula is C25H19Cl2FN2O3. The van der Waals surface area contributed by atoms with Gasteiger partial charge in [-0.2, -0.15) is 5.26 Å². The fourth-order valence-electron chi connectivity index (χ4n) is 2.88. The van der Waals surface area contributed by atoms with Crippen LogP contribution in [0.2, 0.25) is 10.0 Å². The van der Waals surface area contributed by atoms with E-state index >= 15 is 0 Å². The van der Waals surface area contributed by atoms with Crippen molar-refractivity contribution in [2.75, 3.05) is 11.9 Å². The zero-order chi connectivity index (χ0) is 23.8. The minimum atomic E-state index is -0.589. The SMILES string of the molecule is CCOc1ccc(NC(=O)/C(C#N)=C\c2cc(Cl)c(OCc3ccccc3F)c(Cl)c2)cc1. The Bertz CT molecular complexity index is 1200. The fourth-order valence-corrected chi connectivity index (χ4v) is 3.49. The van der Waals surface area contributed by atoms with E-state index in [-0.39, 0.29) is 28.0 Å². The first-order chi connectivity index (χ1) is 15.9. The highest BCUT2D eigenvalue weighted by Gasteiger charge is 2.14. The Morgan fingerprint density at radius 1 is 1.09 bits per heavy atom. The monoisotopic (exact) mass is 484 g/mol. The van der Waals surface area contributed by atoms with E-state index in [0.717, 1.165) is 0 Å². The van der Waals surface area contributed by atoms with Crippen LogP contribution in [0.15, 0.2) is 66.2 Å². The normalized spacial score (nSPS) is 10.9. The van der Waals surface area contributed by atoms with Gasteiger partial charge in [0.2, 0.25) is 0 Å². The van der Waals surface area contributed by atoms with Gasteiger partial charge in [-0.1, -0.05) is 41.4 Å². The number of anilines is 1. The number of nitrogens with one attached hydrogen (secondary N) is 1. The molecule has 0 saturated carbocycles. The largest absolute Gasteiger partial charge is 0.494 e. The molecule has 0 heterocycles. The molecule has 0 aromatic heterocycles. The highest BCUT2D eigenvalue weighted by atomic mass is 35.5. The van der Waals surface area contributed by atoms with E-state index in [1.54, 1.807) is 42.5 Å². The summed E-state index contributed by atoms with van der Waals surface area (Å²) in [6, 6.07) is 17.9. The molecule has 3 rings (SSSR count). The molecule has 0 aliphatic carbocycles. The molecule has 5 nitrogen and oxygen atoms in total. The molecule has 8 heteroatoms. The summed E-state index contributed by atoms with van der Waals surface area (Å²) in [6.45, 7) is 2.35. The number of carbonyl (C=O) groups is 1. The minimum absolute atomic E-state index is 0.0603. The van der Waals surface area contributed by atoms with Gasteiger partial charge in [0.1, 0.15) is 29.8 Å². The lowest BCUT2D eigenvalue weighted by Crippen LogP contribution is -2.13. The van der Waals surface area contributed by atoms with Crippen molar-refractivity contribution < 1.29 is 18.7 Å². The lowest BCUT2D eigenvalue weighted by atomic mass is 10.1. The number of rotatable bonds is 8. The maximum atomic E-state index is 13.8. The van der Waals surface area contributed by atoms with Crippen molar-refractivity contribution >= 4 is 40.9 Å². The van der Waals surface area contributed by atoms with Gasteiger partial charge < -0.3 is 14.8 Å². The zero-order valence-electron chi connectivity index (χ0n) is 17.6. The summed E-state index contributed by atoms with van der Waals surface area (Å²) < 4.78 is 24.8. The van der Waals surface area contributed by atoms with Gasteiger partial charge in [-0.3, -0.25) is 4.79 Å². The Hall–Kier alpha value is -3.53. The smallest absolute Gasteiger partial charge is 0.266 e. The third-order valence-electron chi connectivity index (χ3n) is 4.45. The molecule has 0 spiro atoms. The third kappa shape index (κ3) is 6.48. The summed E-state index contributed by atoms with van der Waals surface area (Å²) in [6.07, 6.45) is 1.36. The van der Waals surface area contributed by atoms with Gasteiger partial charge in [-0.25, -0.2) is 4.39 Å². The van der Waals surface area contributed by atoms with Crippen LogP contribution in [0.3, 0.4) is 0 Å². The van der Waals surface area contributed by atoms with E-state index in [1.807, 2.05) is 13.0 Å². The van der Waals surface area contributed by atoms with Crippen LogP contribution in [-0.2, 0) is 11.4 Å². The number of halogens is 3. The van der Waals surface area contributed by atoms with E-state index in [2.05, 4.69) is 5.32 Å². The van der Waals surface area contributed by atoms with Crippen LogP contribution in [0, 0.1) is 17.1 Å². The predicted octanol–water partition coefficient (Wildman–Crippen LogP) is 6.66. The third-order valence-corrected chi connectivity index (χ3v) is 5.01. The van der Waals surface area contributed by atoms with E-state index in [0.29, 0.717) is 29.2 Å². The standard InChI is InChI=1S/C25H19Cl2FN2O3/c1-2-32-20-9-7-19(8-10-20)30-25(31)18(14-29)11-16-12-21(26)24(22(27)13-16)33-15-17-5-3-4-6-23(17)28/h3-13H,2,15H2,1H3,(H,30,31)/b18-11-. The second-order valence-electron chi connectivity index (χ2n) is 6.78. The van der Waals surface area contributed by atoms with Crippen molar-refractivity contribution in [1.82, 2.24) is 0 Å². The average molecular weight is 485 g/mol. The predicted molar refractivity (Wildman–Crippen MR) is 127 cm³/mol. The lowest BCUT2D eigenvalue weighted by Gasteiger charge is -2.12. The Morgan fingerprint density at radius 3 is 2.36 bits per heavy atom. The first-order valence-electron chi connectivity index (χ1n) is 9.92. The van der Waals surface area contributed by atoms with Gasteiger partial charge in [0.15, 0.2) is 5.75 Å². The number of hydrogen-bond acceptors (Lipinski definition) is 4. The van der Waals surface area contributed by atoms with Gasteiger partial charge in [-0.15, -0.1) is 0 Å². The van der Waals surface area contributed by atoms with Crippen molar-refractivity contribution in [3.05, 3.63) is 93.2 Å². The second kappa shape index (κ2) is 11.4. The molecule has 3 aromatic carbocycles. The minimum Gasteiger partial charge on any atom is -0.494 e. The summed E-state index contributed by atoms with van der Waals surface area (Å²) in [5.74, 6) is -0.139. The van der Waals surface area contributed by atoms with Crippen LogP contribution in [0.5, 0.6) is 11.5 Å². The molecular weight excluding hydrogens is 466 g/mol. The summed E-state index contributed by atoms with van der Waals surface area (Å²) in [5, 5.41) is 12.4. The fraction of sp³-hybridized carbons (Fsp3) is 0.120. The van der Waals surface area contributed by atoms with Gasteiger partial charge in [0.05, 0.1) is 16.7 Å². The Balaban J connectivity index is 1.74. The Kier molecular flexibility index (Phi) is 8.31. The maximum Gasteiger partial charge on any atom is 0.266 e. The van der Waals surface area contributed by atoms with Crippen LogP contribution >= 0.6 is 23.2 Å². The summed E-state index contributed by atoms with van der Waals surface area (Å²) >= 11 is 12.6. The van der Waals surface area contributed by atoms with Gasteiger partial charge in [-0.05, 0) is 61.0 Å². The quantitative estimate of drug-likeness (QED) is 0.286. The van der Waals surface area contributed by atoms with Crippen LogP contribution < -0.4 is 14.8 Å². The number of carbonyl (C=O) groups excluding carboxylic acids is 1. The zero-order valence-corrected chi connectivity index (χ0v) is 19.1. The number of ether oxygens (including phenoxy) is 2. The number of nitrogens with zero attached hydrogens (tertiary/aromatic N) is 1. The van der Waals surface area contributed by atoms with Crippen LogP contribution in [0.4, 0.5) is 10.1 Å². The van der Waals surface area contributed by atoms with Crippen molar-refractivity contribution in [2.24, 2.45) is 0 Å². The molecule has 0 radical (unpaired) electrons. The molecule has 0 saturated heterocycles. The highest BCUT2D eigenvalue weighted by molar-refractivity contribution is 6.37. The molecule has 0 aliphatic rings. The van der Waals surface area contributed by atoms with Gasteiger partial charge in [0, 0.05) is 11.3 Å². The van der Waals surface area contributed by atoms with E-state index in [4.69, 9.17) is 32.7 Å². The Morgan fingerprint density at radius 2 is 1.76 bits per heavy atom. The summed E-state index contributed by atoms with van der Waals surface area (Å²) in [7, 11) is 0. The molecule has 0 fully saturated rings. The molecule has 0 unspecified atom stereocenters. The molecule has 3 aromatic rings. The molecule has 0 atom stereocenters. The number of hydrogen-bond donors (Lipinski definition) is 1. The molecule has 33 heavy (non-hydrogen) atoms. The van der Waals surface area contributed by atoms with Crippen LogP contribution in [0.1, 0.15) is 18.1 Å². The van der Waals surface area contributed by atoms with E-state index in [1.165, 1.54) is 24.3 Å². The highest BCUT2D eigenvalue weighted by Crippen LogP contribution is 2.35. The van der Waals surface area contributed by atoms with Crippen molar-refractivity contribution in [3.8, 4) is 17.6 Å². The van der Waals surface area contributed by atoms with E-state index < -0.39 is 11.7 Å². The number of benzene rings is 3. The molecule has 0 bridgehead atoms. The van der Waals surface area contributed by atoms with Crippen LogP contribution in [-0.4, -0.2) is 12.5 Å². The number of amides is 1. The Labute approximate surface area is 201 Å². The molecule has 0 aliphatic heterocycles. The number of nitriles is 1. The first kappa shape index (κ1) is 24.1. The van der Waals surface area contributed by atoms with Crippen LogP contribution in [0.25, 0.3) is 6.08 Å². The van der Waals surface area contributed by atoms with Crippen molar-refractivity contribution in [2.45, 2.75) is 13.5 Å². The topological polar surface area (TPSA) is 71.3 Å². The molecule has 168 valence electrons. The van der Waals surface area contributed by atoms with Crippen molar-refractivity contribution in [3.63, 3.8) is 0 Å². The first-order valence-corrected chi connectivity index (χ1v) is 10.7. The van der Waals surface area contributed by atoms with Crippen molar-refractivity contribution in [1.29, 1.82) is 5.26 Å². The summed E-state index contributed by atoms with van der Waals surface area (Å²) in [5.41, 5.74) is 1.15. The lowest BCUT2D eigenvalue weighted by molar-refractivity contribution is -0.112.